The lowest BCUT2D eigenvalue weighted by Crippen LogP contribution is -2.51. The van der Waals surface area contributed by atoms with Crippen LogP contribution in [0, 0.1) is 18.3 Å². The third-order valence-electron chi connectivity index (χ3n) is 5.25. The van der Waals surface area contributed by atoms with Gasteiger partial charge in [0, 0.05) is 12.2 Å². The first-order chi connectivity index (χ1) is 12.7. The summed E-state index contributed by atoms with van der Waals surface area (Å²) in [6, 6.07) is 9.78. The predicted molar refractivity (Wildman–Crippen MR) is 109 cm³/mol. The highest BCUT2D eigenvalue weighted by molar-refractivity contribution is 5.84. The zero-order valence-electron chi connectivity index (χ0n) is 16.0. The minimum absolute atomic E-state index is 0.0951. The van der Waals surface area contributed by atoms with E-state index in [1.165, 1.54) is 19.3 Å². The number of hydrogen-bond donors (Lipinski definition) is 1. The van der Waals surface area contributed by atoms with Gasteiger partial charge in [-0.1, -0.05) is 75.4 Å². The van der Waals surface area contributed by atoms with Gasteiger partial charge in [-0.15, -0.1) is 6.42 Å². The molecule has 1 aliphatic carbocycles. The Balaban J connectivity index is 2.26. The molecular formula is C23H32N2O. The summed E-state index contributed by atoms with van der Waals surface area (Å²) >= 11 is 0. The molecule has 0 heterocycles. The van der Waals surface area contributed by atoms with E-state index in [0.29, 0.717) is 12.5 Å². The summed E-state index contributed by atoms with van der Waals surface area (Å²) in [6.07, 6.45) is 13.5. The Hall–Kier alpha value is -2.21. The Morgan fingerprint density at radius 3 is 2.62 bits per heavy atom. The van der Waals surface area contributed by atoms with Crippen LogP contribution in [0.3, 0.4) is 0 Å². The molecule has 0 aliphatic heterocycles. The number of carbonyl (C=O) groups is 1. The minimum atomic E-state index is -0.240. The number of unbranched alkanes of at least 4 members (excludes halogenated alkanes) is 1. The van der Waals surface area contributed by atoms with Crippen LogP contribution in [0.2, 0.25) is 0 Å². The van der Waals surface area contributed by atoms with Crippen LogP contribution < -0.4 is 5.32 Å². The highest BCUT2D eigenvalue weighted by Gasteiger charge is 2.35. The molecule has 0 saturated heterocycles. The number of rotatable bonds is 9. The molecule has 1 unspecified atom stereocenters. The molecule has 1 atom stereocenters. The molecule has 26 heavy (non-hydrogen) atoms. The fourth-order valence-electron chi connectivity index (χ4n) is 3.81. The average molecular weight is 353 g/mol. The van der Waals surface area contributed by atoms with Crippen molar-refractivity contribution in [1.29, 1.82) is 0 Å². The van der Waals surface area contributed by atoms with Gasteiger partial charge in [-0.25, -0.2) is 0 Å². The fourth-order valence-corrected chi connectivity index (χ4v) is 3.81. The van der Waals surface area contributed by atoms with Crippen LogP contribution >= 0.6 is 0 Å². The molecule has 1 N–H and O–H groups in total. The van der Waals surface area contributed by atoms with Crippen molar-refractivity contribution in [3.05, 3.63) is 42.5 Å². The van der Waals surface area contributed by atoms with Crippen molar-refractivity contribution < 1.29 is 4.79 Å². The van der Waals surface area contributed by atoms with Crippen LogP contribution in [-0.2, 0) is 4.79 Å². The molecule has 2 rings (SSSR count). The number of hydrogen-bond acceptors (Lipinski definition) is 2. The van der Waals surface area contributed by atoms with E-state index >= 15 is 0 Å². The van der Waals surface area contributed by atoms with E-state index in [9.17, 15) is 4.79 Å². The molecule has 1 saturated carbocycles. The quantitative estimate of drug-likeness (QED) is 0.526. The standard InChI is InChI=1S/C23H32N2O/c1-4-6-17-24-23(26)22(21-15-11-8-12-16-21)25(18-5-2)19(3)20-13-9-7-10-14-20/h2,7,9-10,13-14,21-22H,3-4,6,8,11-12,15-18H2,1H3,(H,24,26). The summed E-state index contributed by atoms with van der Waals surface area (Å²) in [4.78, 5) is 15.2. The highest BCUT2D eigenvalue weighted by Crippen LogP contribution is 2.32. The summed E-state index contributed by atoms with van der Waals surface area (Å²) in [6.45, 7) is 7.54. The van der Waals surface area contributed by atoms with Crippen molar-refractivity contribution in [2.24, 2.45) is 5.92 Å². The molecule has 0 spiro atoms. The third kappa shape index (κ3) is 5.39. The second-order valence-electron chi connectivity index (χ2n) is 7.13. The number of carbonyl (C=O) groups excluding carboxylic acids is 1. The molecule has 1 amide bonds. The van der Waals surface area contributed by atoms with E-state index < -0.39 is 0 Å². The molecule has 3 nitrogen and oxygen atoms in total. The lowest BCUT2D eigenvalue weighted by molar-refractivity contribution is -0.127. The van der Waals surface area contributed by atoms with Crippen molar-refractivity contribution in [1.82, 2.24) is 10.2 Å². The second kappa shape index (κ2) is 10.7. The SMILES string of the molecule is C#CCN(C(=C)c1ccccc1)C(C(=O)NCCCC)C1CCCCC1. The molecular weight excluding hydrogens is 320 g/mol. The van der Waals surface area contributed by atoms with Crippen molar-refractivity contribution in [2.45, 2.75) is 57.9 Å². The lowest BCUT2D eigenvalue weighted by atomic mass is 9.82. The van der Waals surface area contributed by atoms with Crippen molar-refractivity contribution in [2.75, 3.05) is 13.1 Å². The fraction of sp³-hybridized carbons (Fsp3) is 0.522. The first-order valence-electron chi connectivity index (χ1n) is 9.91. The van der Waals surface area contributed by atoms with Crippen molar-refractivity contribution in [3.8, 4) is 12.3 Å². The Morgan fingerprint density at radius 2 is 2.00 bits per heavy atom. The van der Waals surface area contributed by atoms with Gasteiger partial charge < -0.3 is 10.2 Å². The Kier molecular flexibility index (Phi) is 8.28. The smallest absolute Gasteiger partial charge is 0.243 e. The summed E-state index contributed by atoms with van der Waals surface area (Å²) < 4.78 is 0. The van der Waals surface area contributed by atoms with E-state index in [-0.39, 0.29) is 11.9 Å². The number of amides is 1. The van der Waals surface area contributed by atoms with Crippen LogP contribution in [0.1, 0.15) is 57.4 Å². The van der Waals surface area contributed by atoms with Crippen LogP contribution in [0.4, 0.5) is 0 Å². The highest BCUT2D eigenvalue weighted by atomic mass is 16.2. The van der Waals surface area contributed by atoms with E-state index in [2.05, 4.69) is 24.7 Å². The molecule has 1 fully saturated rings. The monoisotopic (exact) mass is 352 g/mol. The first kappa shape index (κ1) is 20.1. The van der Waals surface area contributed by atoms with Gasteiger partial charge in [0.05, 0.1) is 6.54 Å². The molecule has 0 bridgehead atoms. The third-order valence-corrected chi connectivity index (χ3v) is 5.25. The second-order valence-corrected chi connectivity index (χ2v) is 7.13. The molecule has 1 aromatic rings. The predicted octanol–water partition coefficient (Wildman–Crippen LogP) is 4.46. The van der Waals surface area contributed by atoms with Crippen molar-refractivity contribution >= 4 is 11.6 Å². The molecule has 0 radical (unpaired) electrons. The molecule has 140 valence electrons. The number of nitrogens with zero attached hydrogens (tertiary/aromatic N) is 1. The van der Waals surface area contributed by atoms with Crippen LogP contribution in [0.25, 0.3) is 5.70 Å². The molecule has 3 heteroatoms. The summed E-state index contributed by atoms with van der Waals surface area (Å²) in [5.74, 6) is 3.17. The van der Waals surface area contributed by atoms with Gasteiger partial charge in [0.25, 0.3) is 0 Å². The van der Waals surface area contributed by atoms with Gasteiger partial charge >= 0.3 is 0 Å². The zero-order chi connectivity index (χ0) is 18.8. The minimum Gasteiger partial charge on any atom is -0.354 e. The van der Waals surface area contributed by atoms with Gasteiger partial charge in [0.1, 0.15) is 6.04 Å². The van der Waals surface area contributed by atoms with E-state index in [1.54, 1.807) is 0 Å². The van der Waals surface area contributed by atoms with Crippen LogP contribution in [0.5, 0.6) is 0 Å². The lowest BCUT2D eigenvalue weighted by Gasteiger charge is -2.39. The van der Waals surface area contributed by atoms with E-state index in [1.807, 2.05) is 35.2 Å². The maximum absolute atomic E-state index is 13.1. The molecule has 0 aromatic heterocycles. The van der Waals surface area contributed by atoms with Gasteiger partial charge in [-0.2, -0.15) is 0 Å². The normalized spacial score (nSPS) is 15.7. The summed E-state index contributed by atoms with van der Waals surface area (Å²) in [5, 5.41) is 3.14. The Labute approximate surface area is 158 Å². The number of benzene rings is 1. The molecule has 1 aromatic carbocycles. The summed E-state index contributed by atoms with van der Waals surface area (Å²) in [5.41, 5.74) is 1.86. The van der Waals surface area contributed by atoms with Gasteiger partial charge in [0.2, 0.25) is 5.91 Å². The first-order valence-corrected chi connectivity index (χ1v) is 9.91. The largest absolute Gasteiger partial charge is 0.354 e. The van der Waals surface area contributed by atoms with Crippen molar-refractivity contribution in [3.63, 3.8) is 0 Å². The Bertz CT molecular complexity index is 611. The Morgan fingerprint density at radius 1 is 1.31 bits per heavy atom. The topological polar surface area (TPSA) is 32.3 Å². The average Bonchev–Trinajstić information content (AvgIpc) is 2.69. The van der Waals surface area contributed by atoms with E-state index in [0.717, 1.165) is 43.5 Å². The van der Waals surface area contributed by atoms with Gasteiger partial charge in [0.15, 0.2) is 0 Å². The van der Waals surface area contributed by atoms with Gasteiger partial charge in [-0.3, -0.25) is 4.79 Å². The van der Waals surface area contributed by atoms with Crippen LogP contribution in [-0.4, -0.2) is 29.9 Å². The van der Waals surface area contributed by atoms with Gasteiger partial charge in [-0.05, 0) is 30.7 Å². The number of nitrogens with one attached hydrogen (secondary N) is 1. The molecule has 1 aliphatic rings. The number of terminal acetylenes is 1. The van der Waals surface area contributed by atoms with E-state index in [4.69, 9.17) is 6.42 Å². The maximum Gasteiger partial charge on any atom is 0.243 e. The zero-order valence-corrected chi connectivity index (χ0v) is 16.0. The summed E-state index contributed by atoms with van der Waals surface area (Å²) in [7, 11) is 0. The maximum atomic E-state index is 13.1. The van der Waals surface area contributed by atoms with Crippen LogP contribution in [0.15, 0.2) is 36.9 Å².